The van der Waals surface area contributed by atoms with Gasteiger partial charge in [-0.2, -0.15) is 13.2 Å². The molecule has 4 N–H and O–H groups in total. The fourth-order valence-electron chi connectivity index (χ4n) is 10.9. The lowest BCUT2D eigenvalue weighted by Crippen LogP contribution is -2.09. The molecular weight excluding hydrogens is 1170 g/mol. The van der Waals surface area contributed by atoms with E-state index in [1.54, 1.807) is 69.9 Å². The highest BCUT2D eigenvalue weighted by Gasteiger charge is 2.38. The van der Waals surface area contributed by atoms with Crippen molar-refractivity contribution in [3.63, 3.8) is 0 Å². The van der Waals surface area contributed by atoms with Crippen LogP contribution >= 0.6 is 0 Å². The maximum Gasteiger partial charge on any atom is 0.416 e. The van der Waals surface area contributed by atoms with Crippen LogP contribution in [-0.2, 0) is 6.18 Å². The Kier molecular flexibility index (Phi) is 16.4. The Bertz CT molecular complexity index is 4410. The standard InChI is InChI=1S/C66H55F3N8O13/c1-82-39-28-52(85-4)62(53(29-39)86-5)60-46-22-18-42(72-46)58(34-10-14-37(15-11-34)70-64-50(76(78)79)26-36(66(67,68)69)27-51(64)77(80)81)43-19-23-47(73-43)61(63-54(87-6)30-40(83-2)31-55(63)88-7)49-25-21-45(75-49)59(44-20-24-48(60)74-44)35-12-16-38(17-13-35)71-65-56(89-8)32-41(84-3)33-57(65)90-9/h10-33,70-72,75H,1-9H3. The van der Waals surface area contributed by atoms with Gasteiger partial charge in [0.2, 0.25) is 0 Å². The molecule has 2 aliphatic heterocycles. The number of nitro groups is 2. The molecule has 5 heterocycles. The summed E-state index contributed by atoms with van der Waals surface area (Å²) in [5.74, 6) is 4.01. The topological polar surface area (TPSA) is 251 Å². The van der Waals surface area contributed by atoms with E-state index >= 15 is 0 Å². The first-order valence-electron chi connectivity index (χ1n) is 27.3. The fraction of sp³-hybridized carbons (Fsp3) is 0.152. The molecule has 458 valence electrons. The normalized spacial score (nSPS) is 11.6. The summed E-state index contributed by atoms with van der Waals surface area (Å²) in [4.78, 5) is 40.5. The molecule has 2 aliphatic rings. The summed E-state index contributed by atoms with van der Waals surface area (Å²) in [6.45, 7) is 0. The molecule has 11 rings (SSSR count). The smallest absolute Gasteiger partial charge is 0.416 e. The van der Waals surface area contributed by atoms with Crippen LogP contribution < -0.4 is 53.3 Å². The third kappa shape index (κ3) is 11.2. The number of H-pyrrole nitrogens is 2. The fourth-order valence-corrected chi connectivity index (χ4v) is 10.9. The summed E-state index contributed by atoms with van der Waals surface area (Å²) in [6, 6.07) is 32.6. The number of nitrogens with one attached hydrogen (secondary N) is 4. The summed E-state index contributed by atoms with van der Waals surface area (Å²) in [5, 5.41) is 30.6. The summed E-state index contributed by atoms with van der Waals surface area (Å²) in [6.07, 6.45) is 2.36. The van der Waals surface area contributed by atoms with Gasteiger partial charge in [0.05, 0.1) is 113 Å². The molecule has 0 aliphatic carbocycles. The van der Waals surface area contributed by atoms with Crippen molar-refractivity contribution >= 4 is 80.5 Å². The zero-order valence-corrected chi connectivity index (χ0v) is 49.6. The molecular formula is C66H55F3N8O13. The van der Waals surface area contributed by atoms with Crippen molar-refractivity contribution in [1.29, 1.82) is 0 Å². The Balaban J connectivity index is 1.21. The van der Waals surface area contributed by atoms with Crippen molar-refractivity contribution in [2.24, 2.45) is 0 Å². The Morgan fingerprint density at radius 2 is 0.689 bits per heavy atom. The van der Waals surface area contributed by atoms with Crippen molar-refractivity contribution in [3.8, 4) is 96.3 Å². The van der Waals surface area contributed by atoms with Crippen LogP contribution in [0.25, 0.3) is 90.9 Å². The van der Waals surface area contributed by atoms with Gasteiger partial charge < -0.3 is 63.2 Å². The van der Waals surface area contributed by atoms with Gasteiger partial charge in [0, 0.05) is 104 Å². The predicted octanol–water partition coefficient (Wildman–Crippen LogP) is 15.7. The number of anilines is 4. The lowest BCUT2D eigenvalue weighted by molar-refractivity contribution is -0.392. The zero-order valence-electron chi connectivity index (χ0n) is 49.6. The van der Waals surface area contributed by atoms with Crippen molar-refractivity contribution in [2.75, 3.05) is 74.6 Å². The number of fused-ring (bicyclic) bond motifs is 8. The van der Waals surface area contributed by atoms with Crippen LogP contribution in [0.15, 0.2) is 121 Å². The minimum atomic E-state index is -5.12. The number of alkyl halides is 3. The van der Waals surface area contributed by atoms with Crippen molar-refractivity contribution in [1.82, 2.24) is 19.9 Å². The molecule has 0 radical (unpaired) electrons. The highest BCUT2D eigenvalue weighted by Crippen LogP contribution is 2.50. The molecule has 90 heavy (non-hydrogen) atoms. The van der Waals surface area contributed by atoms with Crippen molar-refractivity contribution in [2.45, 2.75) is 6.18 Å². The molecule has 6 aromatic carbocycles. The first-order valence-corrected chi connectivity index (χ1v) is 27.3. The third-order valence-corrected chi connectivity index (χ3v) is 15.1. The van der Waals surface area contributed by atoms with Crippen molar-refractivity contribution < 1.29 is 65.6 Å². The zero-order chi connectivity index (χ0) is 63.7. The molecule has 0 saturated heterocycles. The minimum Gasteiger partial charge on any atom is -0.496 e. The van der Waals surface area contributed by atoms with Crippen LogP contribution in [0.5, 0.6) is 51.7 Å². The number of benzene rings is 6. The van der Waals surface area contributed by atoms with Gasteiger partial charge in [0.25, 0.3) is 11.4 Å². The van der Waals surface area contributed by atoms with Gasteiger partial charge in [0.15, 0.2) is 5.69 Å². The molecule has 3 aromatic heterocycles. The van der Waals surface area contributed by atoms with E-state index < -0.39 is 38.6 Å². The van der Waals surface area contributed by atoms with Gasteiger partial charge in [-0.1, -0.05) is 24.3 Å². The Morgan fingerprint density at radius 1 is 0.389 bits per heavy atom. The van der Waals surface area contributed by atoms with Gasteiger partial charge in [-0.25, -0.2) is 9.97 Å². The second-order valence-electron chi connectivity index (χ2n) is 20.0. The third-order valence-electron chi connectivity index (χ3n) is 15.1. The number of hydrogen-bond acceptors (Lipinski definition) is 17. The Hall–Kier alpha value is -11.7. The number of nitrogens with zero attached hydrogens (tertiary/aromatic N) is 4. The number of rotatable bonds is 19. The molecule has 0 fully saturated rings. The lowest BCUT2D eigenvalue weighted by Gasteiger charge is -2.17. The average Bonchev–Trinajstić information content (AvgIpc) is 1.67. The van der Waals surface area contributed by atoms with E-state index in [9.17, 15) is 33.4 Å². The van der Waals surface area contributed by atoms with E-state index in [0.717, 1.165) is 5.56 Å². The van der Waals surface area contributed by atoms with Crippen LogP contribution in [-0.4, -0.2) is 93.8 Å². The molecule has 24 heteroatoms. The van der Waals surface area contributed by atoms with Crippen LogP contribution in [0.2, 0.25) is 0 Å². The van der Waals surface area contributed by atoms with Crippen LogP contribution in [0, 0.1) is 20.2 Å². The second kappa shape index (κ2) is 24.6. The van der Waals surface area contributed by atoms with Gasteiger partial charge in [-0.05, 0) is 84.0 Å². The quantitative estimate of drug-likeness (QED) is 0.0434. The average molecular weight is 1230 g/mol. The highest BCUT2D eigenvalue weighted by molar-refractivity contribution is 6.02. The van der Waals surface area contributed by atoms with E-state index in [0.29, 0.717) is 147 Å². The van der Waals surface area contributed by atoms with E-state index in [-0.39, 0.29) is 17.8 Å². The monoisotopic (exact) mass is 1220 g/mol. The first-order chi connectivity index (χ1) is 43.4. The molecule has 0 atom stereocenters. The molecule has 0 saturated carbocycles. The molecule has 0 spiro atoms. The van der Waals surface area contributed by atoms with E-state index in [1.165, 1.54) is 54.8 Å². The van der Waals surface area contributed by atoms with Gasteiger partial charge in [0.1, 0.15) is 57.4 Å². The highest BCUT2D eigenvalue weighted by atomic mass is 19.4. The first kappa shape index (κ1) is 60.0. The number of hydrogen-bond donors (Lipinski definition) is 4. The van der Waals surface area contributed by atoms with Gasteiger partial charge in [-0.15, -0.1) is 0 Å². The van der Waals surface area contributed by atoms with E-state index in [1.807, 2.05) is 72.8 Å². The maximum atomic E-state index is 13.9. The maximum absolute atomic E-state index is 13.9. The largest absolute Gasteiger partial charge is 0.496 e. The molecule has 0 amide bonds. The second-order valence-corrected chi connectivity index (χ2v) is 20.0. The SMILES string of the molecule is COc1cc(OC)c(Nc2ccc(-c3c4nc(c(-c5c(OC)cc(OC)cc5OC)c5ccc([nH]5)c(-c5ccc(Nc6c([N+](=O)[O-])cc(C(F)(F)F)cc6[N+](=O)[O-])cc5)c5nc(c(-c6c(OC)cc(OC)cc6OC)c6ccc3[nH]6)C=C5)C=C4)cc2)c(OC)c1. The van der Waals surface area contributed by atoms with Crippen molar-refractivity contribution in [3.05, 3.63) is 170 Å². The van der Waals surface area contributed by atoms with E-state index in [4.69, 9.17) is 52.6 Å². The number of aromatic nitrogens is 4. The summed E-state index contributed by atoms with van der Waals surface area (Å²) in [5.41, 5.74) is 5.58. The minimum absolute atomic E-state index is 0.0739. The summed E-state index contributed by atoms with van der Waals surface area (Å²) < 4.78 is 94.5. The number of nitro benzene ring substituents is 2. The summed E-state index contributed by atoms with van der Waals surface area (Å²) >= 11 is 0. The number of ether oxygens (including phenoxy) is 9. The molecule has 8 bridgehead atoms. The lowest BCUT2D eigenvalue weighted by atomic mass is 10.0. The Morgan fingerprint density at radius 3 is 0.989 bits per heavy atom. The van der Waals surface area contributed by atoms with Crippen LogP contribution in [0.4, 0.5) is 47.3 Å². The number of halogens is 3. The number of aromatic amines is 2. The van der Waals surface area contributed by atoms with Gasteiger partial charge in [-0.3, -0.25) is 20.2 Å². The summed E-state index contributed by atoms with van der Waals surface area (Å²) in [7, 11) is 13.9. The Labute approximate surface area is 511 Å². The van der Waals surface area contributed by atoms with Crippen LogP contribution in [0.3, 0.4) is 0 Å². The van der Waals surface area contributed by atoms with Gasteiger partial charge >= 0.3 is 6.18 Å². The molecule has 9 aromatic rings. The number of methoxy groups -OCH3 is 9. The predicted molar refractivity (Wildman–Crippen MR) is 337 cm³/mol. The molecule has 21 nitrogen and oxygen atoms in total. The van der Waals surface area contributed by atoms with Crippen LogP contribution in [0.1, 0.15) is 28.3 Å². The van der Waals surface area contributed by atoms with E-state index in [2.05, 4.69) is 20.6 Å². The molecule has 0 unspecified atom stereocenters.